The number of cyclic esters (lactones) is 1. The topological polar surface area (TPSA) is 32.8 Å². The molecule has 2 aromatic carbocycles. The van der Waals surface area contributed by atoms with Gasteiger partial charge in [-0.05, 0) is 49.7 Å². The van der Waals surface area contributed by atoms with E-state index in [0.717, 1.165) is 43.1 Å². The van der Waals surface area contributed by atoms with Crippen LogP contribution in [0.3, 0.4) is 0 Å². The summed E-state index contributed by atoms with van der Waals surface area (Å²) in [5, 5.41) is 0.766. The molecule has 0 N–H and O–H groups in total. The van der Waals surface area contributed by atoms with Crippen LogP contribution in [-0.2, 0) is 11.3 Å². The van der Waals surface area contributed by atoms with Crippen molar-refractivity contribution in [2.24, 2.45) is 0 Å². The number of amides is 1. The number of hydrogen-bond acceptors (Lipinski definition) is 3. The Bertz CT molecular complexity index is 706. The molecule has 1 aliphatic rings. The largest absolute Gasteiger partial charge is 0.447 e. The molecule has 138 valence electrons. The number of nitrogens with zero attached hydrogens (tertiary/aromatic N) is 2. The van der Waals surface area contributed by atoms with Crippen molar-refractivity contribution < 1.29 is 9.53 Å². The highest BCUT2D eigenvalue weighted by molar-refractivity contribution is 6.30. The first kappa shape index (κ1) is 18.7. The molecule has 1 heterocycles. The van der Waals surface area contributed by atoms with Crippen molar-refractivity contribution in [3.63, 3.8) is 0 Å². The first-order valence-corrected chi connectivity index (χ1v) is 9.42. The molecular weight excluding hydrogens is 348 g/mol. The lowest BCUT2D eigenvalue weighted by Gasteiger charge is -2.22. The Morgan fingerprint density at radius 3 is 2.58 bits per heavy atom. The maximum absolute atomic E-state index is 12.0. The van der Waals surface area contributed by atoms with E-state index in [0.29, 0.717) is 6.61 Å². The van der Waals surface area contributed by atoms with Crippen LogP contribution in [0, 0.1) is 0 Å². The third-order valence-corrected chi connectivity index (χ3v) is 4.97. The van der Waals surface area contributed by atoms with Gasteiger partial charge in [0, 0.05) is 18.1 Å². The minimum atomic E-state index is -0.201. The van der Waals surface area contributed by atoms with E-state index in [1.807, 2.05) is 35.2 Å². The highest BCUT2D eigenvalue weighted by Crippen LogP contribution is 2.27. The van der Waals surface area contributed by atoms with Crippen LogP contribution in [0.15, 0.2) is 54.6 Å². The first-order chi connectivity index (χ1) is 12.6. The highest BCUT2D eigenvalue weighted by atomic mass is 35.5. The number of carbonyl (C=O) groups excluding carboxylic acids is 1. The van der Waals surface area contributed by atoms with E-state index in [4.69, 9.17) is 16.3 Å². The van der Waals surface area contributed by atoms with Gasteiger partial charge in [-0.15, -0.1) is 0 Å². The van der Waals surface area contributed by atoms with Gasteiger partial charge in [-0.3, -0.25) is 4.90 Å². The van der Waals surface area contributed by atoms with Gasteiger partial charge >= 0.3 is 6.09 Å². The van der Waals surface area contributed by atoms with E-state index in [9.17, 15) is 4.79 Å². The lowest BCUT2D eigenvalue weighted by atomic mass is 10.1. The van der Waals surface area contributed by atoms with Crippen molar-refractivity contribution in [2.75, 3.05) is 26.7 Å². The smallest absolute Gasteiger partial charge is 0.410 e. The highest BCUT2D eigenvalue weighted by Gasteiger charge is 2.33. The fourth-order valence-electron chi connectivity index (χ4n) is 3.29. The summed E-state index contributed by atoms with van der Waals surface area (Å²) >= 11 is 5.92. The standard InChI is InChI=1S/C21H25ClN2O2/c1-23(15-17-9-11-19(22)12-10-17)13-5-6-14-24-20(16-26-21(24)25)18-7-3-2-4-8-18/h2-4,7-12,20H,5-6,13-16H2,1H3/t20-/m0/s1. The lowest BCUT2D eigenvalue weighted by molar-refractivity contribution is 0.156. The molecule has 4 nitrogen and oxygen atoms in total. The number of rotatable bonds is 8. The van der Waals surface area contributed by atoms with Crippen molar-refractivity contribution >= 4 is 17.7 Å². The fraction of sp³-hybridized carbons (Fsp3) is 0.381. The second-order valence-electron chi connectivity index (χ2n) is 6.77. The number of ether oxygens (including phenoxy) is 1. The first-order valence-electron chi connectivity index (χ1n) is 9.05. The van der Waals surface area contributed by atoms with E-state index < -0.39 is 0 Å². The molecule has 1 aliphatic heterocycles. The van der Waals surface area contributed by atoms with Crippen LogP contribution < -0.4 is 0 Å². The molecule has 0 aliphatic carbocycles. The molecule has 26 heavy (non-hydrogen) atoms. The van der Waals surface area contributed by atoms with Crippen LogP contribution in [0.25, 0.3) is 0 Å². The monoisotopic (exact) mass is 372 g/mol. The Balaban J connectivity index is 1.43. The van der Waals surface area contributed by atoms with Crippen LogP contribution in [0.2, 0.25) is 5.02 Å². The van der Waals surface area contributed by atoms with Crippen LogP contribution in [0.4, 0.5) is 4.79 Å². The number of unbranched alkanes of at least 4 members (excludes halogenated alkanes) is 1. The van der Waals surface area contributed by atoms with Crippen molar-refractivity contribution in [3.05, 3.63) is 70.7 Å². The number of hydrogen-bond donors (Lipinski definition) is 0. The molecule has 1 atom stereocenters. The molecule has 0 saturated carbocycles. The Morgan fingerprint density at radius 2 is 1.85 bits per heavy atom. The van der Waals surface area contributed by atoms with E-state index >= 15 is 0 Å². The molecule has 1 fully saturated rings. The van der Waals surface area contributed by atoms with Gasteiger partial charge in [0.1, 0.15) is 6.61 Å². The molecule has 0 radical (unpaired) electrons. The molecule has 1 amide bonds. The van der Waals surface area contributed by atoms with Crippen LogP contribution in [0.1, 0.15) is 30.0 Å². The van der Waals surface area contributed by atoms with Gasteiger partial charge in [-0.1, -0.05) is 54.1 Å². The molecule has 0 bridgehead atoms. The van der Waals surface area contributed by atoms with Crippen molar-refractivity contribution in [1.29, 1.82) is 0 Å². The predicted molar refractivity (Wildman–Crippen MR) is 104 cm³/mol. The summed E-state index contributed by atoms with van der Waals surface area (Å²) in [6.45, 7) is 3.06. The van der Waals surface area contributed by atoms with Crippen molar-refractivity contribution in [2.45, 2.75) is 25.4 Å². The number of carbonyl (C=O) groups is 1. The third kappa shape index (κ3) is 4.99. The zero-order valence-electron chi connectivity index (χ0n) is 15.1. The summed E-state index contributed by atoms with van der Waals surface area (Å²) in [6.07, 6.45) is 1.80. The molecule has 0 spiro atoms. The predicted octanol–water partition coefficient (Wildman–Crippen LogP) is 4.75. The van der Waals surface area contributed by atoms with Gasteiger partial charge in [0.05, 0.1) is 6.04 Å². The molecular formula is C21H25ClN2O2. The summed E-state index contributed by atoms with van der Waals surface area (Å²) in [6, 6.07) is 18.1. The average Bonchev–Trinajstić information content (AvgIpc) is 3.02. The van der Waals surface area contributed by atoms with Crippen LogP contribution in [0.5, 0.6) is 0 Å². The minimum absolute atomic E-state index is 0.0375. The maximum atomic E-state index is 12.0. The van der Waals surface area contributed by atoms with Crippen molar-refractivity contribution in [1.82, 2.24) is 9.80 Å². The van der Waals surface area contributed by atoms with E-state index in [2.05, 4.69) is 36.2 Å². The Kier molecular flexibility index (Phi) is 6.53. The Hall–Kier alpha value is -2.04. The summed E-state index contributed by atoms with van der Waals surface area (Å²) in [5.41, 5.74) is 2.39. The van der Waals surface area contributed by atoms with Crippen LogP contribution in [-0.4, -0.2) is 42.6 Å². The number of halogens is 1. The fourth-order valence-corrected chi connectivity index (χ4v) is 3.42. The normalized spacial score (nSPS) is 17.0. The SMILES string of the molecule is CN(CCCCN1C(=O)OC[C@H]1c1ccccc1)Cc1ccc(Cl)cc1. The third-order valence-electron chi connectivity index (χ3n) is 4.71. The molecule has 0 aromatic heterocycles. The van der Waals surface area contributed by atoms with Gasteiger partial charge < -0.3 is 9.64 Å². The zero-order chi connectivity index (χ0) is 18.4. The zero-order valence-corrected chi connectivity index (χ0v) is 15.9. The van der Waals surface area contributed by atoms with E-state index in [1.165, 1.54) is 5.56 Å². The quantitative estimate of drug-likeness (QED) is 0.627. The lowest BCUT2D eigenvalue weighted by Crippen LogP contribution is -2.29. The Labute approximate surface area is 160 Å². The summed E-state index contributed by atoms with van der Waals surface area (Å²) in [5.74, 6) is 0. The summed E-state index contributed by atoms with van der Waals surface area (Å²) in [4.78, 5) is 16.2. The van der Waals surface area contributed by atoms with Gasteiger partial charge in [0.25, 0.3) is 0 Å². The molecule has 2 aromatic rings. The van der Waals surface area contributed by atoms with Gasteiger partial charge in [-0.25, -0.2) is 4.79 Å². The maximum Gasteiger partial charge on any atom is 0.410 e. The van der Waals surface area contributed by atoms with Gasteiger partial charge in [0.15, 0.2) is 0 Å². The molecule has 5 heteroatoms. The minimum Gasteiger partial charge on any atom is -0.447 e. The summed E-state index contributed by atoms with van der Waals surface area (Å²) in [7, 11) is 2.12. The van der Waals surface area contributed by atoms with Gasteiger partial charge in [0.2, 0.25) is 0 Å². The van der Waals surface area contributed by atoms with Crippen molar-refractivity contribution in [3.8, 4) is 0 Å². The average molecular weight is 373 g/mol. The van der Waals surface area contributed by atoms with E-state index in [1.54, 1.807) is 0 Å². The molecule has 1 saturated heterocycles. The van der Waals surface area contributed by atoms with Crippen LogP contribution >= 0.6 is 11.6 Å². The molecule has 0 unspecified atom stereocenters. The summed E-state index contributed by atoms with van der Waals surface area (Å²) < 4.78 is 5.27. The molecule has 3 rings (SSSR count). The van der Waals surface area contributed by atoms with E-state index in [-0.39, 0.29) is 12.1 Å². The Morgan fingerprint density at radius 1 is 1.12 bits per heavy atom. The number of benzene rings is 2. The van der Waals surface area contributed by atoms with Gasteiger partial charge in [-0.2, -0.15) is 0 Å². The second-order valence-corrected chi connectivity index (χ2v) is 7.20. The second kappa shape index (κ2) is 9.06.